The topological polar surface area (TPSA) is 111 Å². The van der Waals surface area contributed by atoms with Gasteiger partial charge in [0.05, 0.1) is 0 Å². The van der Waals surface area contributed by atoms with E-state index in [0.29, 0.717) is 10.4 Å². The van der Waals surface area contributed by atoms with Crippen LogP contribution in [0.4, 0.5) is 0 Å². The van der Waals surface area contributed by atoms with Crippen LogP contribution in [0.5, 0.6) is 0 Å². The molecule has 0 N–H and O–H groups in total. The van der Waals surface area contributed by atoms with Crippen LogP contribution >= 0.6 is 0 Å². The lowest BCUT2D eigenvalue weighted by atomic mass is 10.4. The second kappa shape index (κ2) is 8.16. The Kier molecular flexibility index (Phi) is 5.71. The van der Waals surface area contributed by atoms with Gasteiger partial charge in [0.2, 0.25) is 0 Å². The van der Waals surface area contributed by atoms with Crippen LogP contribution in [0, 0.1) is 0 Å². The Balaban J connectivity index is 1.56. The van der Waals surface area contributed by atoms with Crippen LogP contribution in [0.25, 0.3) is 0 Å². The first-order chi connectivity index (χ1) is 17.7. The van der Waals surface area contributed by atoms with E-state index in [2.05, 4.69) is 0 Å². The minimum absolute atomic E-state index is 0.675. The fourth-order valence-corrected chi connectivity index (χ4v) is 50.8. The molecule has 6 aliphatic rings. The maximum Gasteiger partial charge on any atom is 0.515 e. The zero-order valence-electron chi connectivity index (χ0n) is 21.7. The van der Waals surface area contributed by atoms with Gasteiger partial charge in [-0.05, 0) is 0 Å². The predicted molar refractivity (Wildman–Crippen MR) is 146 cm³/mol. The van der Waals surface area contributed by atoms with Gasteiger partial charge in [-0.15, -0.1) is 0 Å². The summed E-state index contributed by atoms with van der Waals surface area (Å²) in [7, 11) is -29.8. The second-order valence-corrected chi connectivity index (χ2v) is 33.8. The number of hydrogen-bond donors (Lipinski definition) is 0. The molecule has 6 fully saturated rings. The Labute approximate surface area is 229 Å². The summed E-state index contributed by atoms with van der Waals surface area (Å²) in [6.45, 7) is 10.6. The van der Waals surface area contributed by atoms with Crippen molar-refractivity contribution in [1.29, 1.82) is 0 Å². The van der Waals surface area contributed by atoms with Gasteiger partial charge in [0, 0.05) is 49.7 Å². The van der Waals surface area contributed by atoms with E-state index in [0.717, 1.165) is 0 Å². The quantitative estimate of drug-likeness (QED) is 0.434. The van der Waals surface area contributed by atoms with Crippen molar-refractivity contribution in [1.82, 2.24) is 0 Å². The third-order valence-corrected chi connectivity index (χ3v) is 41.6. The van der Waals surface area contributed by atoms with Crippen LogP contribution in [-0.2, 0) is 49.4 Å². The van der Waals surface area contributed by atoms with Crippen LogP contribution in [0.1, 0.15) is 0 Å². The fourth-order valence-electron chi connectivity index (χ4n) is 5.65. The Morgan fingerprint density at radius 1 is 0.316 bits per heavy atom. The van der Waals surface area contributed by atoms with Gasteiger partial charge in [0.15, 0.2) is 0 Å². The highest BCUT2D eigenvalue weighted by Gasteiger charge is 2.80. The highest BCUT2D eigenvalue weighted by Crippen LogP contribution is 2.47. The fraction of sp³-hybridized carbons (Fsp3) is 0.333. The van der Waals surface area contributed by atoms with Crippen LogP contribution in [0.2, 0.25) is 39.3 Å². The molecule has 6 aliphatic heterocycles. The van der Waals surface area contributed by atoms with Gasteiger partial charge in [0.1, 0.15) is 0 Å². The Hall–Kier alpha value is -0.305. The van der Waals surface area contributed by atoms with E-state index in [1.54, 1.807) is 39.3 Å². The summed E-state index contributed by atoms with van der Waals surface area (Å²) in [6, 6.07) is 18.9. The third-order valence-electron chi connectivity index (χ3n) is 6.40. The van der Waals surface area contributed by atoms with Crippen molar-refractivity contribution in [2.45, 2.75) is 39.3 Å². The molecule has 4 unspecified atom stereocenters. The molecule has 6 saturated heterocycles. The Morgan fingerprint density at radius 2 is 0.553 bits per heavy atom. The summed E-state index contributed by atoms with van der Waals surface area (Å²) in [5.41, 5.74) is 0. The van der Waals surface area contributed by atoms with E-state index in [4.69, 9.17) is 49.4 Å². The molecule has 4 atom stereocenters. The Morgan fingerprint density at radius 3 is 0.816 bits per heavy atom. The molecule has 0 aromatic heterocycles. The summed E-state index contributed by atoms with van der Waals surface area (Å²) >= 11 is 0. The highest BCUT2D eigenvalue weighted by atomic mass is 28.6. The van der Waals surface area contributed by atoms with E-state index >= 15 is 0 Å². The molecular formula is C18H28O12Si8. The molecule has 0 amide bonds. The lowest BCUT2D eigenvalue weighted by Crippen LogP contribution is -2.89. The lowest BCUT2D eigenvalue weighted by Gasteiger charge is -2.61. The maximum absolute atomic E-state index is 7.17. The van der Waals surface area contributed by atoms with Gasteiger partial charge in [-0.25, -0.2) is 0 Å². The van der Waals surface area contributed by atoms with Gasteiger partial charge >= 0.3 is 70.4 Å². The average Bonchev–Trinajstić information content (AvgIpc) is 2.73. The van der Waals surface area contributed by atoms with Gasteiger partial charge in [0.25, 0.3) is 0 Å². The van der Waals surface area contributed by atoms with E-state index in [1.165, 1.54) is 0 Å². The molecule has 8 rings (SSSR count). The summed E-state index contributed by atoms with van der Waals surface area (Å²) in [6.07, 6.45) is 0. The van der Waals surface area contributed by atoms with Gasteiger partial charge in [-0.3, -0.25) is 0 Å². The monoisotopic (exact) mass is 660 g/mol. The summed E-state index contributed by atoms with van der Waals surface area (Å²) < 4.78 is 81.9. The molecule has 2 aromatic rings. The highest BCUT2D eigenvalue weighted by molar-refractivity contribution is 7.06. The smallest absolute Gasteiger partial charge is 0.374 e. The van der Waals surface area contributed by atoms with Crippen LogP contribution in [0.3, 0.4) is 0 Å². The van der Waals surface area contributed by atoms with Gasteiger partial charge in [-0.2, -0.15) is 0 Å². The third kappa shape index (κ3) is 4.32. The van der Waals surface area contributed by atoms with Crippen molar-refractivity contribution in [3.05, 3.63) is 60.7 Å². The molecule has 6 heterocycles. The van der Waals surface area contributed by atoms with Crippen molar-refractivity contribution in [3.8, 4) is 0 Å². The number of hydrogen-bond acceptors (Lipinski definition) is 12. The van der Waals surface area contributed by atoms with E-state index in [9.17, 15) is 0 Å². The van der Waals surface area contributed by atoms with Crippen molar-refractivity contribution in [3.63, 3.8) is 0 Å². The molecule has 38 heavy (non-hydrogen) atoms. The zero-order valence-corrected chi connectivity index (χ0v) is 29.7. The van der Waals surface area contributed by atoms with Gasteiger partial charge < -0.3 is 49.4 Å². The minimum atomic E-state index is -4.00. The number of benzene rings is 2. The predicted octanol–water partition coefficient (Wildman–Crippen LogP) is 1.36. The molecule has 0 saturated carbocycles. The SMILES string of the molecule is C[Si]12O[Si]3(C)O[Si]4(C)O[Si](C)(O1)O[Si]1(c5ccccc5)O[Si](C)(O2)O[Si](C)(O3)O[Si](c2ccccc2)(O4)O1. The van der Waals surface area contributed by atoms with E-state index in [1.807, 2.05) is 60.7 Å². The first-order valence-electron chi connectivity index (χ1n) is 12.2. The minimum Gasteiger partial charge on any atom is -0.374 e. The zero-order chi connectivity index (χ0) is 26.7. The summed E-state index contributed by atoms with van der Waals surface area (Å²) in [5, 5.41) is 1.35. The molecule has 0 radical (unpaired) electrons. The maximum atomic E-state index is 7.17. The molecule has 20 heteroatoms. The number of rotatable bonds is 2. The van der Waals surface area contributed by atoms with E-state index < -0.39 is 70.4 Å². The molecule has 12 nitrogen and oxygen atoms in total. The second-order valence-electron chi connectivity index (χ2n) is 10.2. The standard InChI is InChI=1S/C18H28O12Si8/c1-31-19-32(2)22-35(5)24-33(3,20-31)26-37(17-13-9-7-10-14-17)27-34(4,21-31)25-36(6,23-32)29-38(28-35,30-37)18-15-11-8-12-16-18/h7-16H,1-6H3. The molecule has 2 aromatic carbocycles. The summed E-state index contributed by atoms with van der Waals surface area (Å²) in [4.78, 5) is 0. The average molecular weight is 661 g/mol. The Bertz CT molecular complexity index is 1150. The van der Waals surface area contributed by atoms with Gasteiger partial charge in [-0.1, -0.05) is 60.7 Å². The molecule has 0 spiro atoms. The van der Waals surface area contributed by atoms with Crippen LogP contribution < -0.4 is 10.4 Å². The van der Waals surface area contributed by atoms with Crippen molar-refractivity contribution >= 4 is 80.8 Å². The summed E-state index contributed by atoms with van der Waals surface area (Å²) in [5.74, 6) is 0. The first kappa shape index (κ1) is 26.6. The van der Waals surface area contributed by atoms with Crippen LogP contribution in [0.15, 0.2) is 60.7 Å². The largest absolute Gasteiger partial charge is 0.515 e. The molecule has 0 aliphatic carbocycles. The van der Waals surface area contributed by atoms with Crippen molar-refractivity contribution in [2.24, 2.45) is 0 Å². The van der Waals surface area contributed by atoms with Crippen molar-refractivity contribution < 1.29 is 49.4 Å². The lowest BCUT2D eigenvalue weighted by molar-refractivity contribution is -0.0139. The van der Waals surface area contributed by atoms with E-state index in [-0.39, 0.29) is 0 Å². The van der Waals surface area contributed by atoms with Crippen LogP contribution in [-0.4, -0.2) is 70.4 Å². The first-order valence-corrected chi connectivity index (χ1v) is 29.0. The molecule has 204 valence electrons. The normalized spacial score (nSPS) is 51.5. The molecular weight excluding hydrogens is 633 g/mol. The molecule has 8 bridgehead atoms. The van der Waals surface area contributed by atoms with Crippen molar-refractivity contribution in [2.75, 3.05) is 0 Å².